The summed E-state index contributed by atoms with van der Waals surface area (Å²) in [6.45, 7) is 2.54. The molecule has 3 amide bonds. The zero-order valence-corrected chi connectivity index (χ0v) is 17.5. The number of carbonyl (C=O) groups excluding carboxylic acids is 2. The number of carbonyl (C=O) groups is 2. The predicted octanol–water partition coefficient (Wildman–Crippen LogP) is 3.00. The van der Waals surface area contributed by atoms with Gasteiger partial charge < -0.3 is 19.4 Å². The topological polar surface area (TPSA) is 109 Å². The SMILES string of the molecule is O=C(NCc1ccc(N2CCCC2)nc1)NNC(=O)c1ccc(COc2ccccc2)o1. The maximum absolute atomic E-state index is 12.2. The van der Waals surface area contributed by atoms with E-state index in [1.807, 2.05) is 42.5 Å². The van der Waals surface area contributed by atoms with Gasteiger partial charge in [0.25, 0.3) is 0 Å². The van der Waals surface area contributed by atoms with E-state index >= 15 is 0 Å². The predicted molar refractivity (Wildman–Crippen MR) is 118 cm³/mol. The molecule has 1 aromatic carbocycles. The van der Waals surface area contributed by atoms with Crippen molar-refractivity contribution < 1.29 is 18.7 Å². The summed E-state index contributed by atoms with van der Waals surface area (Å²) in [5.74, 6) is 1.65. The number of nitrogens with one attached hydrogen (secondary N) is 3. The maximum atomic E-state index is 12.2. The van der Waals surface area contributed by atoms with Crippen molar-refractivity contribution in [3.8, 4) is 5.75 Å². The van der Waals surface area contributed by atoms with Crippen LogP contribution in [0.3, 0.4) is 0 Å². The third kappa shape index (κ3) is 5.78. The molecule has 0 saturated carbocycles. The van der Waals surface area contributed by atoms with Gasteiger partial charge in [-0.1, -0.05) is 24.3 Å². The molecule has 1 saturated heterocycles. The molecular weight excluding hydrogens is 410 g/mol. The second-order valence-electron chi connectivity index (χ2n) is 7.35. The molecule has 0 aliphatic carbocycles. The van der Waals surface area contributed by atoms with Gasteiger partial charge in [0.05, 0.1) is 0 Å². The van der Waals surface area contributed by atoms with Crippen molar-refractivity contribution >= 4 is 17.8 Å². The molecular formula is C23H25N5O4. The zero-order chi connectivity index (χ0) is 22.2. The van der Waals surface area contributed by atoms with E-state index in [9.17, 15) is 9.59 Å². The number of ether oxygens (including phenoxy) is 1. The Labute approximate surface area is 185 Å². The summed E-state index contributed by atoms with van der Waals surface area (Å²) in [6, 6.07) is 15.8. The van der Waals surface area contributed by atoms with Gasteiger partial charge in [0.1, 0.15) is 23.9 Å². The lowest BCUT2D eigenvalue weighted by atomic mass is 10.3. The molecule has 3 aromatic rings. The maximum Gasteiger partial charge on any atom is 0.333 e. The van der Waals surface area contributed by atoms with Crippen LogP contribution in [0.25, 0.3) is 0 Å². The molecule has 3 heterocycles. The van der Waals surface area contributed by atoms with Gasteiger partial charge in [0.2, 0.25) is 0 Å². The van der Waals surface area contributed by atoms with Crippen LogP contribution in [0.2, 0.25) is 0 Å². The smallest absolute Gasteiger partial charge is 0.333 e. The zero-order valence-electron chi connectivity index (χ0n) is 17.5. The summed E-state index contributed by atoms with van der Waals surface area (Å²) in [7, 11) is 0. The third-order valence-corrected chi connectivity index (χ3v) is 4.99. The molecule has 166 valence electrons. The van der Waals surface area contributed by atoms with Crippen LogP contribution in [-0.4, -0.2) is 30.0 Å². The normalized spacial score (nSPS) is 12.9. The Hall–Kier alpha value is -4.01. The molecule has 1 fully saturated rings. The van der Waals surface area contributed by atoms with Crippen LogP contribution in [0.4, 0.5) is 10.6 Å². The average Bonchev–Trinajstić information content (AvgIpc) is 3.53. The van der Waals surface area contributed by atoms with Crippen molar-refractivity contribution in [1.29, 1.82) is 0 Å². The lowest BCUT2D eigenvalue weighted by Gasteiger charge is -2.16. The van der Waals surface area contributed by atoms with Crippen LogP contribution < -0.4 is 25.8 Å². The molecule has 9 heteroatoms. The lowest BCUT2D eigenvalue weighted by molar-refractivity contribution is 0.0904. The Morgan fingerprint density at radius 2 is 1.81 bits per heavy atom. The number of hydrogen-bond acceptors (Lipinski definition) is 6. The first-order valence-electron chi connectivity index (χ1n) is 10.5. The quantitative estimate of drug-likeness (QED) is 0.493. The minimum Gasteiger partial charge on any atom is -0.486 e. The molecule has 4 rings (SSSR count). The number of hydrogen-bond donors (Lipinski definition) is 3. The van der Waals surface area contributed by atoms with Crippen molar-refractivity contribution in [2.45, 2.75) is 26.0 Å². The Morgan fingerprint density at radius 3 is 2.56 bits per heavy atom. The number of pyridine rings is 1. The summed E-state index contributed by atoms with van der Waals surface area (Å²) in [6.07, 6.45) is 4.13. The minimum atomic E-state index is -0.567. The lowest BCUT2D eigenvalue weighted by Crippen LogP contribution is -2.46. The monoisotopic (exact) mass is 435 g/mol. The van der Waals surface area contributed by atoms with Crippen molar-refractivity contribution in [3.63, 3.8) is 0 Å². The molecule has 1 aliphatic rings. The molecule has 1 aliphatic heterocycles. The fourth-order valence-corrected chi connectivity index (χ4v) is 3.30. The molecule has 32 heavy (non-hydrogen) atoms. The molecule has 0 atom stereocenters. The van der Waals surface area contributed by atoms with E-state index in [2.05, 4.69) is 26.1 Å². The summed E-state index contributed by atoms with van der Waals surface area (Å²) in [4.78, 5) is 30.8. The summed E-state index contributed by atoms with van der Waals surface area (Å²) < 4.78 is 11.0. The van der Waals surface area contributed by atoms with Crippen LogP contribution in [-0.2, 0) is 13.2 Å². The first-order chi connectivity index (χ1) is 15.7. The van der Waals surface area contributed by atoms with Crippen molar-refractivity contribution in [1.82, 2.24) is 21.2 Å². The van der Waals surface area contributed by atoms with E-state index in [1.165, 1.54) is 18.9 Å². The molecule has 9 nitrogen and oxygen atoms in total. The number of para-hydroxylation sites is 1. The number of hydrazine groups is 1. The fraction of sp³-hybridized carbons (Fsp3) is 0.261. The highest BCUT2D eigenvalue weighted by molar-refractivity contribution is 5.92. The number of furan rings is 1. The number of amides is 3. The average molecular weight is 435 g/mol. The van der Waals surface area contributed by atoms with Gasteiger partial charge in [-0.05, 0) is 48.7 Å². The van der Waals surface area contributed by atoms with E-state index in [0.717, 1.165) is 24.5 Å². The van der Waals surface area contributed by atoms with Crippen LogP contribution in [0.1, 0.15) is 34.7 Å². The van der Waals surface area contributed by atoms with Gasteiger partial charge in [0.15, 0.2) is 5.76 Å². The molecule has 0 bridgehead atoms. The summed E-state index contributed by atoms with van der Waals surface area (Å²) in [5, 5.41) is 2.67. The van der Waals surface area contributed by atoms with Gasteiger partial charge >= 0.3 is 11.9 Å². The van der Waals surface area contributed by atoms with E-state index in [4.69, 9.17) is 9.15 Å². The van der Waals surface area contributed by atoms with Gasteiger partial charge in [0, 0.05) is 25.8 Å². The number of rotatable bonds is 7. The molecule has 0 radical (unpaired) electrons. The number of urea groups is 1. The van der Waals surface area contributed by atoms with Gasteiger partial charge in [-0.15, -0.1) is 0 Å². The molecule has 3 N–H and O–H groups in total. The van der Waals surface area contributed by atoms with Crippen LogP contribution in [0.15, 0.2) is 65.2 Å². The highest BCUT2D eigenvalue weighted by atomic mass is 16.5. The number of anilines is 1. The number of aromatic nitrogens is 1. The van der Waals surface area contributed by atoms with Crippen molar-refractivity contribution in [2.24, 2.45) is 0 Å². The van der Waals surface area contributed by atoms with Crippen molar-refractivity contribution in [2.75, 3.05) is 18.0 Å². The molecule has 0 unspecified atom stereocenters. The molecule has 0 spiro atoms. The van der Waals surface area contributed by atoms with Crippen LogP contribution >= 0.6 is 0 Å². The largest absolute Gasteiger partial charge is 0.486 e. The van der Waals surface area contributed by atoms with E-state index in [-0.39, 0.29) is 18.9 Å². The van der Waals surface area contributed by atoms with Gasteiger partial charge in [-0.2, -0.15) is 0 Å². The van der Waals surface area contributed by atoms with Gasteiger partial charge in [-0.3, -0.25) is 10.2 Å². The van der Waals surface area contributed by atoms with E-state index < -0.39 is 11.9 Å². The summed E-state index contributed by atoms with van der Waals surface area (Å²) in [5.41, 5.74) is 5.48. The Morgan fingerprint density at radius 1 is 1.00 bits per heavy atom. The number of benzene rings is 1. The Balaban J connectivity index is 1.18. The standard InChI is InChI=1S/C23H25N5O4/c29-22(20-10-9-19(32-20)16-31-18-6-2-1-3-7-18)26-27-23(30)25-15-17-8-11-21(24-14-17)28-12-4-5-13-28/h1-3,6-11,14H,4-5,12-13,15-16H2,(H,26,29)(H2,25,27,30). The summed E-state index contributed by atoms with van der Waals surface area (Å²) >= 11 is 0. The second-order valence-corrected chi connectivity index (χ2v) is 7.35. The minimum absolute atomic E-state index is 0.0682. The fourth-order valence-electron chi connectivity index (χ4n) is 3.30. The van der Waals surface area contributed by atoms with Gasteiger partial charge in [-0.25, -0.2) is 15.2 Å². The first kappa shape index (κ1) is 21.2. The first-order valence-corrected chi connectivity index (χ1v) is 10.5. The Bertz CT molecular complexity index is 1030. The van der Waals surface area contributed by atoms with E-state index in [0.29, 0.717) is 11.5 Å². The highest BCUT2D eigenvalue weighted by Crippen LogP contribution is 2.17. The molecule has 2 aromatic heterocycles. The van der Waals surface area contributed by atoms with Crippen molar-refractivity contribution in [3.05, 3.63) is 77.9 Å². The Kier molecular flexibility index (Phi) is 6.86. The second kappa shape index (κ2) is 10.3. The van der Waals surface area contributed by atoms with Crippen LogP contribution in [0.5, 0.6) is 5.75 Å². The van der Waals surface area contributed by atoms with E-state index in [1.54, 1.807) is 12.3 Å². The number of nitrogens with zero attached hydrogens (tertiary/aromatic N) is 2. The third-order valence-electron chi connectivity index (χ3n) is 4.99. The highest BCUT2D eigenvalue weighted by Gasteiger charge is 2.14. The van der Waals surface area contributed by atoms with Crippen LogP contribution in [0, 0.1) is 0 Å².